The zero-order valence-electron chi connectivity index (χ0n) is 11.8. The predicted molar refractivity (Wildman–Crippen MR) is 71.5 cm³/mol. The van der Waals surface area contributed by atoms with E-state index in [1.807, 2.05) is 25.0 Å². The number of likely N-dealkylation sites (N-methyl/N-ethyl adjacent to an activating group) is 1. The standard InChI is InChI=1S/C13H24N4O/c1-10(2)17-7-8-18-12(9-17)13(14-3)11-5-6-15-16(11)4/h5-6,10,12-14H,7-9H2,1-4H3. The Morgan fingerprint density at radius 2 is 2.28 bits per heavy atom. The summed E-state index contributed by atoms with van der Waals surface area (Å²) in [6.07, 6.45) is 2.02. The van der Waals surface area contributed by atoms with Gasteiger partial charge >= 0.3 is 0 Å². The van der Waals surface area contributed by atoms with E-state index in [0.717, 1.165) is 19.7 Å². The molecule has 2 heterocycles. The van der Waals surface area contributed by atoms with Crippen LogP contribution < -0.4 is 5.32 Å². The molecule has 1 saturated heterocycles. The molecular formula is C13H24N4O. The smallest absolute Gasteiger partial charge is 0.0912 e. The molecule has 102 valence electrons. The fraction of sp³-hybridized carbons (Fsp3) is 0.769. The summed E-state index contributed by atoms with van der Waals surface area (Å²) in [5, 5.41) is 7.60. The monoisotopic (exact) mass is 252 g/mol. The van der Waals surface area contributed by atoms with Gasteiger partial charge in [-0.1, -0.05) is 0 Å². The fourth-order valence-corrected chi connectivity index (χ4v) is 2.58. The lowest BCUT2D eigenvalue weighted by atomic mass is 10.0. The Kier molecular flexibility index (Phi) is 4.37. The predicted octanol–water partition coefficient (Wildman–Crippen LogP) is 0.790. The SMILES string of the molecule is CNC(c1ccnn1C)C1CN(C(C)C)CCO1. The number of hydrogen-bond donors (Lipinski definition) is 1. The number of morpholine rings is 1. The molecule has 0 amide bonds. The van der Waals surface area contributed by atoms with Gasteiger partial charge in [-0.15, -0.1) is 0 Å². The highest BCUT2D eigenvalue weighted by Crippen LogP contribution is 2.22. The van der Waals surface area contributed by atoms with E-state index in [2.05, 4.69) is 35.2 Å². The van der Waals surface area contributed by atoms with Gasteiger partial charge in [0.1, 0.15) is 0 Å². The lowest BCUT2D eigenvalue weighted by Crippen LogP contribution is -2.50. The van der Waals surface area contributed by atoms with E-state index in [1.165, 1.54) is 5.69 Å². The van der Waals surface area contributed by atoms with Crippen LogP contribution in [0.4, 0.5) is 0 Å². The van der Waals surface area contributed by atoms with Gasteiger partial charge in [-0.25, -0.2) is 0 Å². The van der Waals surface area contributed by atoms with E-state index < -0.39 is 0 Å². The summed E-state index contributed by atoms with van der Waals surface area (Å²) < 4.78 is 7.86. The molecule has 1 N–H and O–H groups in total. The number of aryl methyl sites for hydroxylation is 1. The zero-order valence-corrected chi connectivity index (χ0v) is 11.8. The van der Waals surface area contributed by atoms with E-state index >= 15 is 0 Å². The van der Waals surface area contributed by atoms with Crippen LogP contribution in [0.1, 0.15) is 25.6 Å². The van der Waals surface area contributed by atoms with Gasteiger partial charge in [0.25, 0.3) is 0 Å². The number of aromatic nitrogens is 2. The first-order valence-corrected chi connectivity index (χ1v) is 6.64. The second-order valence-electron chi connectivity index (χ2n) is 5.14. The van der Waals surface area contributed by atoms with E-state index in [0.29, 0.717) is 6.04 Å². The molecule has 2 unspecified atom stereocenters. The van der Waals surface area contributed by atoms with Crippen LogP contribution in [0.5, 0.6) is 0 Å². The highest BCUT2D eigenvalue weighted by Gasteiger charge is 2.30. The molecule has 0 aliphatic carbocycles. The van der Waals surface area contributed by atoms with Gasteiger partial charge in [-0.3, -0.25) is 9.58 Å². The van der Waals surface area contributed by atoms with Gasteiger partial charge in [0.15, 0.2) is 0 Å². The van der Waals surface area contributed by atoms with Crippen molar-refractivity contribution in [3.63, 3.8) is 0 Å². The Labute approximate surface area is 109 Å². The maximum atomic E-state index is 5.94. The van der Waals surface area contributed by atoms with Crippen molar-refractivity contribution >= 4 is 0 Å². The molecule has 1 aromatic rings. The van der Waals surface area contributed by atoms with E-state index in [1.54, 1.807) is 0 Å². The van der Waals surface area contributed by atoms with Crippen molar-refractivity contribution in [3.8, 4) is 0 Å². The minimum absolute atomic E-state index is 0.182. The number of nitrogens with zero attached hydrogens (tertiary/aromatic N) is 3. The van der Waals surface area contributed by atoms with Crippen LogP contribution in [-0.4, -0.2) is 53.6 Å². The van der Waals surface area contributed by atoms with Crippen LogP contribution in [0, 0.1) is 0 Å². The van der Waals surface area contributed by atoms with Gasteiger partial charge in [-0.2, -0.15) is 5.10 Å². The third-order valence-electron chi connectivity index (χ3n) is 3.72. The Morgan fingerprint density at radius 1 is 1.50 bits per heavy atom. The number of hydrogen-bond acceptors (Lipinski definition) is 4. The van der Waals surface area contributed by atoms with Gasteiger partial charge in [0.2, 0.25) is 0 Å². The molecule has 1 fully saturated rings. The highest BCUT2D eigenvalue weighted by molar-refractivity contribution is 5.09. The Balaban J connectivity index is 2.11. The lowest BCUT2D eigenvalue weighted by Gasteiger charge is -2.38. The first kappa shape index (κ1) is 13.5. The Bertz CT molecular complexity index is 377. The maximum Gasteiger partial charge on any atom is 0.0912 e. The summed E-state index contributed by atoms with van der Waals surface area (Å²) in [4.78, 5) is 2.47. The normalized spacial score (nSPS) is 23.5. The molecule has 0 bridgehead atoms. The molecule has 2 atom stereocenters. The number of nitrogens with one attached hydrogen (secondary N) is 1. The summed E-state index contributed by atoms with van der Waals surface area (Å²) in [6, 6.07) is 2.82. The summed E-state index contributed by atoms with van der Waals surface area (Å²) in [5.41, 5.74) is 1.17. The average molecular weight is 252 g/mol. The van der Waals surface area contributed by atoms with Crippen molar-refractivity contribution in [2.24, 2.45) is 7.05 Å². The molecule has 18 heavy (non-hydrogen) atoms. The molecule has 2 rings (SSSR count). The van der Waals surface area contributed by atoms with E-state index in [9.17, 15) is 0 Å². The van der Waals surface area contributed by atoms with Crippen molar-refractivity contribution in [2.45, 2.75) is 32.0 Å². The van der Waals surface area contributed by atoms with Crippen LogP contribution >= 0.6 is 0 Å². The molecule has 1 aromatic heterocycles. The summed E-state index contributed by atoms with van der Waals surface area (Å²) in [7, 11) is 3.96. The molecule has 0 spiro atoms. The third kappa shape index (κ3) is 2.74. The van der Waals surface area contributed by atoms with Gasteiger partial charge in [-0.05, 0) is 27.0 Å². The second kappa shape index (κ2) is 5.82. The molecule has 0 saturated carbocycles. The average Bonchev–Trinajstić information content (AvgIpc) is 2.77. The van der Waals surface area contributed by atoms with Crippen LogP contribution in [0.15, 0.2) is 12.3 Å². The van der Waals surface area contributed by atoms with Crippen LogP contribution in [0.25, 0.3) is 0 Å². The second-order valence-corrected chi connectivity index (χ2v) is 5.14. The van der Waals surface area contributed by atoms with Crippen molar-refractivity contribution in [1.82, 2.24) is 20.0 Å². The minimum atomic E-state index is 0.182. The first-order valence-electron chi connectivity index (χ1n) is 6.64. The molecule has 5 nitrogen and oxygen atoms in total. The van der Waals surface area contributed by atoms with Crippen molar-refractivity contribution in [1.29, 1.82) is 0 Å². The van der Waals surface area contributed by atoms with Crippen molar-refractivity contribution < 1.29 is 4.74 Å². The van der Waals surface area contributed by atoms with Crippen LogP contribution in [0.2, 0.25) is 0 Å². The lowest BCUT2D eigenvalue weighted by molar-refractivity contribution is -0.0561. The van der Waals surface area contributed by atoms with Crippen molar-refractivity contribution in [2.75, 3.05) is 26.7 Å². The van der Waals surface area contributed by atoms with Crippen LogP contribution in [0.3, 0.4) is 0 Å². The molecule has 0 radical (unpaired) electrons. The maximum absolute atomic E-state index is 5.94. The quantitative estimate of drug-likeness (QED) is 0.860. The van der Waals surface area contributed by atoms with Gasteiger partial charge < -0.3 is 10.1 Å². The Hall–Kier alpha value is -0.910. The third-order valence-corrected chi connectivity index (χ3v) is 3.72. The molecule has 0 aromatic carbocycles. The van der Waals surface area contributed by atoms with E-state index in [-0.39, 0.29) is 12.1 Å². The van der Waals surface area contributed by atoms with Crippen LogP contribution in [-0.2, 0) is 11.8 Å². The number of rotatable bonds is 4. The van der Waals surface area contributed by atoms with Crippen molar-refractivity contribution in [3.05, 3.63) is 18.0 Å². The summed E-state index contributed by atoms with van der Waals surface area (Å²) in [6.45, 7) is 7.27. The fourth-order valence-electron chi connectivity index (χ4n) is 2.58. The summed E-state index contributed by atoms with van der Waals surface area (Å²) >= 11 is 0. The molecule has 1 aliphatic rings. The summed E-state index contributed by atoms with van der Waals surface area (Å²) in [5.74, 6) is 0. The largest absolute Gasteiger partial charge is 0.374 e. The molecule has 1 aliphatic heterocycles. The van der Waals surface area contributed by atoms with E-state index in [4.69, 9.17) is 4.74 Å². The zero-order chi connectivity index (χ0) is 13.1. The minimum Gasteiger partial charge on any atom is -0.374 e. The molecule has 5 heteroatoms. The molecular weight excluding hydrogens is 228 g/mol. The first-order chi connectivity index (χ1) is 8.63. The number of ether oxygens (including phenoxy) is 1. The topological polar surface area (TPSA) is 42.3 Å². The Morgan fingerprint density at radius 3 is 2.83 bits per heavy atom. The van der Waals surface area contributed by atoms with Gasteiger partial charge in [0.05, 0.1) is 24.4 Å². The van der Waals surface area contributed by atoms with Gasteiger partial charge in [0, 0.05) is 32.4 Å². The highest BCUT2D eigenvalue weighted by atomic mass is 16.5.